The van der Waals surface area contributed by atoms with E-state index in [2.05, 4.69) is 15.2 Å². The molecule has 1 aromatic carbocycles. The largest absolute Gasteiger partial charge is 0.371 e. The fraction of sp³-hybridized carbons (Fsp3) is 0.538. The van der Waals surface area contributed by atoms with Gasteiger partial charge in [-0.15, -0.1) is 0 Å². The monoisotopic (exact) mass is 500 g/mol. The van der Waals surface area contributed by atoms with Gasteiger partial charge in [0.25, 0.3) is 5.91 Å². The number of benzene rings is 1. The van der Waals surface area contributed by atoms with E-state index < -0.39 is 15.5 Å². The minimum atomic E-state index is -3.40. The number of hydrogen-bond donors (Lipinski definition) is 1. The van der Waals surface area contributed by atoms with E-state index in [1.54, 1.807) is 37.4 Å². The molecule has 5 rings (SSSR count). The van der Waals surface area contributed by atoms with Gasteiger partial charge in [-0.2, -0.15) is 0 Å². The summed E-state index contributed by atoms with van der Waals surface area (Å²) in [7, 11) is -3.40. The number of hydrogen-bond acceptors (Lipinski definition) is 6. The summed E-state index contributed by atoms with van der Waals surface area (Å²) in [6, 6.07) is 8.28. The summed E-state index contributed by atoms with van der Waals surface area (Å²) >= 11 is 0. The van der Waals surface area contributed by atoms with E-state index in [1.165, 1.54) is 25.2 Å². The summed E-state index contributed by atoms with van der Waals surface area (Å²) in [6.07, 6.45) is 8.38. The Labute approximate surface area is 206 Å². The first-order chi connectivity index (χ1) is 16.5. The maximum atomic E-state index is 14.2. The van der Waals surface area contributed by atoms with Crippen molar-refractivity contribution in [3.05, 3.63) is 42.1 Å². The number of carbonyl (C=O) groups is 1. The van der Waals surface area contributed by atoms with E-state index in [9.17, 15) is 17.6 Å². The molecule has 7 nitrogen and oxygen atoms in total. The third-order valence-corrected chi connectivity index (χ3v) is 9.01. The van der Waals surface area contributed by atoms with Gasteiger partial charge in [-0.3, -0.25) is 4.79 Å². The minimum Gasteiger partial charge on any atom is -0.371 e. The molecular weight excluding hydrogens is 467 g/mol. The highest BCUT2D eigenvalue weighted by atomic mass is 32.2. The highest BCUT2D eigenvalue weighted by molar-refractivity contribution is 7.90. The first-order valence-corrected chi connectivity index (χ1v) is 14.2. The average molecular weight is 501 g/mol. The maximum Gasteiger partial charge on any atom is 0.257 e. The van der Waals surface area contributed by atoms with Gasteiger partial charge in [-0.1, -0.05) is 0 Å². The first-order valence-electron chi connectivity index (χ1n) is 12.3. The third-order valence-electron chi connectivity index (χ3n) is 7.90. The number of piperidine rings is 2. The van der Waals surface area contributed by atoms with Crippen molar-refractivity contribution in [2.75, 3.05) is 47.6 Å². The molecule has 0 radical (unpaired) electrons. The lowest BCUT2D eigenvalue weighted by atomic mass is 9.93. The summed E-state index contributed by atoms with van der Waals surface area (Å²) < 4.78 is 38.6. The number of aromatic nitrogens is 1. The van der Waals surface area contributed by atoms with Crippen LogP contribution in [0, 0.1) is 5.41 Å². The number of nitrogens with one attached hydrogen (secondary N) is 1. The zero-order valence-corrected chi connectivity index (χ0v) is 21.2. The third kappa shape index (κ3) is 5.29. The zero-order chi connectivity index (χ0) is 24.8. The highest BCUT2D eigenvalue weighted by Crippen LogP contribution is 2.54. The molecule has 188 valence electrons. The predicted molar refractivity (Wildman–Crippen MR) is 136 cm³/mol. The number of pyridine rings is 1. The number of sulfone groups is 1. The van der Waals surface area contributed by atoms with Gasteiger partial charge in [0.15, 0.2) is 9.84 Å². The predicted octanol–water partition coefficient (Wildman–Crippen LogP) is 4.45. The van der Waals surface area contributed by atoms with Crippen molar-refractivity contribution in [1.82, 2.24) is 4.98 Å². The Morgan fingerprint density at radius 1 is 0.971 bits per heavy atom. The molecule has 0 unspecified atom stereocenters. The summed E-state index contributed by atoms with van der Waals surface area (Å²) in [5, 5.41) is 2.96. The van der Waals surface area contributed by atoms with Crippen LogP contribution < -0.4 is 15.1 Å². The van der Waals surface area contributed by atoms with Gasteiger partial charge in [0.2, 0.25) is 0 Å². The van der Waals surface area contributed by atoms with E-state index >= 15 is 0 Å². The van der Waals surface area contributed by atoms with Crippen LogP contribution in [0.4, 0.5) is 21.6 Å². The molecule has 3 aliphatic rings. The summed E-state index contributed by atoms with van der Waals surface area (Å²) in [6.45, 7) is 4.41. The summed E-state index contributed by atoms with van der Waals surface area (Å²) in [4.78, 5) is 22.2. The molecule has 3 heterocycles. The van der Waals surface area contributed by atoms with Crippen LogP contribution in [0.2, 0.25) is 0 Å². The lowest BCUT2D eigenvalue weighted by Crippen LogP contribution is -2.40. The molecule has 0 atom stereocenters. The van der Waals surface area contributed by atoms with E-state index in [4.69, 9.17) is 0 Å². The molecule has 0 bridgehead atoms. The van der Waals surface area contributed by atoms with E-state index in [0.29, 0.717) is 54.1 Å². The first kappa shape index (κ1) is 24.0. The fourth-order valence-electron chi connectivity index (χ4n) is 5.16. The second-order valence-electron chi connectivity index (χ2n) is 10.7. The fourth-order valence-corrected chi connectivity index (χ4v) is 5.80. The molecular formula is C26H33FN4O3S. The SMILES string of the molecule is CC1(F)CCN(c2cc(NC(=O)c3ccc(S(C)(=O)=O)cc3N3CCC4(CC3)CC4)ccn2)CC1. The van der Waals surface area contributed by atoms with Crippen molar-refractivity contribution < 1.29 is 17.6 Å². The van der Waals surface area contributed by atoms with Crippen molar-refractivity contribution in [2.45, 2.75) is 56.0 Å². The second kappa shape index (κ2) is 8.76. The van der Waals surface area contributed by atoms with Crippen molar-refractivity contribution in [2.24, 2.45) is 5.41 Å². The van der Waals surface area contributed by atoms with Crippen LogP contribution in [0.1, 0.15) is 55.8 Å². The van der Waals surface area contributed by atoms with Gasteiger partial charge in [-0.05, 0) is 75.1 Å². The van der Waals surface area contributed by atoms with Crippen molar-refractivity contribution in [1.29, 1.82) is 0 Å². The van der Waals surface area contributed by atoms with Crippen molar-refractivity contribution in [3.63, 3.8) is 0 Å². The summed E-state index contributed by atoms with van der Waals surface area (Å²) in [5.74, 6) is 0.413. The average Bonchev–Trinajstić information content (AvgIpc) is 3.57. The van der Waals surface area contributed by atoms with Gasteiger partial charge in [-0.25, -0.2) is 17.8 Å². The van der Waals surface area contributed by atoms with Gasteiger partial charge in [0.1, 0.15) is 11.5 Å². The Kier molecular flexibility index (Phi) is 6.02. The zero-order valence-electron chi connectivity index (χ0n) is 20.4. The molecule has 1 N–H and O–H groups in total. The van der Waals surface area contributed by atoms with Crippen LogP contribution in [0.5, 0.6) is 0 Å². The normalized spacial score (nSPS) is 21.1. The van der Waals surface area contributed by atoms with Crippen LogP contribution in [-0.4, -0.2) is 57.4 Å². The van der Waals surface area contributed by atoms with Gasteiger partial charge in [0.05, 0.1) is 16.1 Å². The molecule has 1 spiro atoms. The van der Waals surface area contributed by atoms with Crippen LogP contribution in [-0.2, 0) is 9.84 Å². The lowest BCUT2D eigenvalue weighted by Gasteiger charge is -2.35. The second-order valence-corrected chi connectivity index (χ2v) is 12.7. The molecule has 1 aliphatic carbocycles. The topological polar surface area (TPSA) is 82.6 Å². The van der Waals surface area contributed by atoms with Crippen molar-refractivity contribution in [3.8, 4) is 0 Å². The van der Waals surface area contributed by atoms with Gasteiger partial charge < -0.3 is 15.1 Å². The molecule has 9 heteroatoms. The molecule has 35 heavy (non-hydrogen) atoms. The molecule has 2 aromatic rings. The number of alkyl halides is 1. The number of amides is 1. The van der Waals surface area contributed by atoms with Crippen molar-refractivity contribution >= 4 is 32.9 Å². The Morgan fingerprint density at radius 3 is 2.26 bits per heavy atom. The lowest BCUT2D eigenvalue weighted by molar-refractivity contribution is 0.102. The van der Waals surface area contributed by atoms with Gasteiger partial charge >= 0.3 is 0 Å². The number of carbonyl (C=O) groups excluding carboxylic acids is 1. The van der Waals surface area contributed by atoms with Crippen LogP contribution >= 0.6 is 0 Å². The van der Waals surface area contributed by atoms with Crippen LogP contribution in [0.3, 0.4) is 0 Å². The highest BCUT2D eigenvalue weighted by Gasteiger charge is 2.44. The molecule has 2 saturated heterocycles. The van der Waals surface area contributed by atoms with E-state index in [0.717, 1.165) is 25.9 Å². The number of halogens is 1. The summed E-state index contributed by atoms with van der Waals surface area (Å²) in [5.41, 5.74) is 1.03. The number of rotatable bonds is 5. The number of anilines is 3. The Balaban J connectivity index is 1.37. The Hall–Kier alpha value is -2.68. The van der Waals surface area contributed by atoms with Crippen LogP contribution in [0.25, 0.3) is 0 Å². The number of nitrogens with zero attached hydrogens (tertiary/aromatic N) is 3. The van der Waals surface area contributed by atoms with Gasteiger partial charge in [0, 0.05) is 50.4 Å². The van der Waals surface area contributed by atoms with E-state index in [-0.39, 0.29) is 10.8 Å². The smallest absolute Gasteiger partial charge is 0.257 e. The molecule has 3 fully saturated rings. The maximum absolute atomic E-state index is 14.2. The van der Waals surface area contributed by atoms with Crippen LogP contribution in [0.15, 0.2) is 41.4 Å². The minimum absolute atomic E-state index is 0.215. The molecule has 2 aliphatic heterocycles. The standard InChI is InChI=1S/C26H33FN4O3S/c1-25(27)8-13-31(14-9-25)23-17-19(5-12-28-23)29-24(32)21-4-3-20(35(2,33)34)18-22(21)30-15-10-26(6-7-26)11-16-30/h3-5,12,17-18H,6-11,13-16H2,1-2H3,(H,28,29,32). The Bertz CT molecular complexity index is 1220. The molecule has 1 aromatic heterocycles. The quantitative estimate of drug-likeness (QED) is 0.653. The molecule has 1 amide bonds. The molecule has 1 saturated carbocycles. The van der Waals surface area contributed by atoms with E-state index in [1.807, 2.05) is 4.90 Å². The Morgan fingerprint density at radius 2 is 1.63 bits per heavy atom.